The number of fused-ring (bicyclic) bond motifs is 1. The molecular formula is C12H9F2NO2. The van der Waals surface area contributed by atoms with Crippen LogP contribution in [0.1, 0.15) is 17.3 Å². The maximum absolute atomic E-state index is 13.4. The minimum absolute atomic E-state index is 0.0944. The van der Waals surface area contributed by atoms with Gasteiger partial charge >= 0.3 is 5.97 Å². The van der Waals surface area contributed by atoms with Crippen molar-refractivity contribution in [3.8, 4) is 0 Å². The number of nitrogens with zero attached hydrogens (tertiary/aromatic N) is 1. The van der Waals surface area contributed by atoms with E-state index in [2.05, 4.69) is 4.98 Å². The van der Waals surface area contributed by atoms with Gasteiger partial charge in [0, 0.05) is 23.7 Å². The van der Waals surface area contributed by atoms with E-state index in [0.717, 1.165) is 12.1 Å². The van der Waals surface area contributed by atoms with Gasteiger partial charge in [0.2, 0.25) is 0 Å². The topological polar surface area (TPSA) is 39.2 Å². The first-order chi connectivity index (χ1) is 8.11. The van der Waals surface area contributed by atoms with E-state index in [1.54, 1.807) is 6.92 Å². The first kappa shape index (κ1) is 11.4. The number of halogens is 2. The molecule has 17 heavy (non-hydrogen) atoms. The molecule has 0 aliphatic carbocycles. The standard InChI is InChI=1S/C12H9F2NO2/c1-2-17-12(16)7-3-9-10(14)4-8(13)5-11(9)15-6-7/h3-6H,2H2,1H3. The van der Waals surface area contributed by atoms with Crippen LogP contribution in [0, 0.1) is 11.6 Å². The lowest BCUT2D eigenvalue weighted by Gasteiger charge is -2.04. The van der Waals surface area contributed by atoms with E-state index in [0.29, 0.717) is 0 Å². The number of benzene rings is 1. The number of ether oxygens (including phenoxy) is 1. The summed E-state index contributed by atoms with van der Waals surface area (Å²) in [4.78, 5) is 15.2. The number of esters is 1. The third kappa shape index (κ3) is 2.22. The third-order valence-electron chi connectivity index (χ3n) is 2.23. The van der Waals surface area contributed by atoms with Gasteiger partial charge < -0.3 is 4.74 Å². The molecule has 0 bridgehead atoms. The maximum atomic E-state index is 13.4. The summed E-state index contributed by atoms with van der Waals surface area (Å²) in [5, 5.41) is 0.0944. The van der Waals surface area contributed by atoms with E-state index in [-0.39, 0.29) is 23.1 Å². The Morgan fingerprint density at radius 3 is 2.82 bits per heavy atom. The Balaban J connectivity index is 2.54. The van der Waals surface area contributed by atoms with Gasteiger partial charge in [0.1, 0.15) is 11.6 Å². The van der Waals surface area contributed by atoms with E-state index >= 15 is 0 Å². The molecule has 0 saturated carbocycles. The van der Waals surface area contributed by atoms with Crippen molar-refractivity contribution in [1.29, 1.82) is 0 Å². The molecule has 0 N–H and O–H groups in total. The lowest BCUT2D eigenvalue weighted by molar-refractivity contribution is 0.0526. The molecule has 2 aromatic rings. The Kier molecular flexibility index (Phi) is 2.99. The third-order valence-corrected chi connectivity index (χ3v) is 2.23. The maximum Gasteiger partial charge on any atom is 0.339 e. The number of hydrogen-bond acceptors (Lipinski definition) is 3. The van der Waals surface area contributed by atoms with Crippen LogP contribution >= 0.6 is 0 Å². The molecule has 0 spiro atoms. The number of carbonyl (C=O) groups is 1. The fourth-order valence-electron chi connectivity index (χ4n) is 1.48. The second kappa shape index (κ2) is 4.45. The molecule has 3 nitrogen and oxygen atoms in total. The molecular weight excluding hydrogens is 228 g/mol. The minimum Gasteiger partial charge on any atom is -0.462 e. The molecule has 0 amide bonds. The summed E-state index contributed by atoms with van der Waals surface area (Å²) in [6, 6.07) is 3.15. The lowest BCUT2D eigenvalue weighted by Crippen LogP contribution is -2.05. The van der Waals surface area contributed by atoms with Crippen molar-refractivity contribution in [2.45, 2.75) is 6.92 Å². The van der Waals surface area contributed by atoms with Gasteiger partial charge in [-0.2, -0.15) is 0 Å². The van der Waals surface area contributed by atoms with Gasteiger partial charge in [-0.1, -0.05) is 0 Å². The summed E-state index contributed by atoms with van der Waals surface area (Å²) in [6.45, 7) is 1.89. The van der Waals surface area contributed by atoms with Crippen LogP contribution in [0.25, 0.3) is 10.9 Å². The van der Waals surface area contributed by atoms with Crippen molar-refractivity contribution in [2.75, 3.05) is 6.61 Å². The van der Waals surface area contributed by atoms with Crippen LogP contribution in [0.4, 0.5) is 8.78 Å². The monoisotopic (exact) mass is 237 g/mol. The van der Waals surface area contributed by atoms with Crippen LogP contribution in [0.3, 0.4) is 0 Å². The van der Waals surface area contributed by atoms with Gasteiger partial charge in [-0.05, 0) is 13.0 Å². The number of hydrogen-bond donors (Lipinski definition) is 0. The average Bonchev–Trinajstić information content (AvgIpc) is 2.28. The summed E-state index contributed by atoms with van der Waals surface area (Å²) in [6.07, 6.45) is 1.24. The number of aromatic nitrogens is 1. The van der Waals surface area contributed by atoms with Crippen molar-refractivity contribution < 1.29 is 18.3 Å². The fraction of sp³-hybridized carbons (Fsp3) is 0.167. The van der Waals surface area contributed by atoms with Crippen LogP contribution in [0.2, 0.25) is 0 Å². The molecule has 1 aromatic heterocycles. The lowest BCUT2D eigenvalue weighted by atomic mass is 10.1. The molecule has 0 saturated heterocycles. The highest BCUT2D eigenvalue weighted by Crippen LogP contribution is 2.19. The highest BCUT2D eigenvalue weighted by Gasteiger charge is 2.11. The summed E-state index contributed by atoms with van der Waals surface area (Å²) in [5.41, 5.74) is 0.306. The summed E-state index contributed by atoms with van der Waals surface area (Å²) in [5.74, 6) is -2.03. The van der Waals surface area contributed by atoms with Crippen molar-refractivity contribution in [2.24, 2.45) is 0 Å². The van der Waals surface area contributed by atoms with E-state index in [4.69, 9.17) is 4.74 Å². The predicted molar refractivity (Wildman–Crippen MR) is 57.6 cm³/mol. The normalized spacial score (nSPS) is 10.5. The Bertz CT molecular complexity index is 584. The van der Waals surface area contributed by atoms with Gasteiger partial charge in [-0.25, -0.2) is 13.6 Å². The number of pyridine rings is 1. The second-order valence-corrected chi connectivity index (χ2v) is 3.40. The summed E-state index contributed by atoms with van der Waals surface area (Å²) < 4.78 is 31.1. The van der Waals surface area contributed by atoms with Crippen molar-refractivity contribution in [1.82, 2.24) is 4.98 Å². The zero-order valence-corrected chi connectivity index (χ0v) is 9.04. The van der Waals surface area contributed by atoms with Crippen LogP contribution < -0.4 is 0 Å². The molecule has 1 aromatic carbocycles. The molecule has 0 atom stereocenters. The minimum atomic E-state index is -0.751. The zero-order chi connectivity index (χ0) is 12.4. The SMILES string of the molecule is CCOC(=O)c1cnc2cc(F)cc(F)c2c1. The Morgan fingerprint density at radius 1 is 1.35 bits per heavy atom. The molecule has 0 radical (unpaired) electrons. The summed E-state index contributed by atoms with van der Waals surface area (Å²) >= 11 is 0. The van der Waals surface area contributed by atoms with Gasteiger partial charge in [0.15, 0.2) is 0 Å². The molecule has 0 fully saturated rings. The van der Waals surface area contributed by atoms with E-state index in [1.807, 2.05) is 0 Å². The van der Waals surface area contributed by atoms with Gasteiger partial charge in [0.25, 0.3) is 0 Å². The predicted octanol–water partition coefficient (Wildman–Crippen LogP) is 2.69. The molecule has 88 valence electrons. The van der Waals surface area contributed by atoms with E-state index in [9.17, 15) is 13.6 Å². The van der Waals surface area contributed by atoms with Gasteiger partial charge in [-0.3, -0.25) is 4.98 Å². The first-order valence-electron chi connectivity index (χ1n) is 5.03. The molecule has 5 heteroatoms. The van der Waals surface area contributed by atoms with E-state index in [1.165, 1.54) is 12.3 Å². The Morgan fingerprint density at radius 2 is 2.12 bits per heavy atom. The second-order valence-electron chi connectivity index (χ2n) is 3.40. The average molecular weight is 237 g/mol. The molecule has 0 aliphatic heterocycles. The molecule has 0 aliphatic rings. The zero-order valence-electron chi connectivity index (χ0n) is 9.04. The molecule has 2 rings (SSSR count). The van der Waals surface area contributed by atoms with Crippen molar-refractivity contribution >= 4 is 16.9 Å². The highest BCUT2D eigenvalue weighted by atomic mass is 19.1. The van der Waals surface area contributed by atoms with Crippen LogP contribution in [0.15, 0.2) is 24.4 Å². The summed E-state index contributed by atoms with van der Waals surface area (Å²) in [7, 11) is 0. The molecule has 1 heterocycles. The smallest absolute Gasteiger partial charge is 0.339 e. The van der Waals surface area contributed by atoms with Crippen LogP contribution in [0.5, 0.6) is 0 Å². The Labute approximate surface area is 96.0 Å². The quantitative estimate of drug-likeness (QED) is 0.754. The molecule has 0 unspecified atom stereocenters. The first-order valence-corrected chi connectivity index (χ1v) is 5.03. The van der Waals surface area contributed by atoms with Gasteiger partial charge in [-0.15, -0.1) is 0 Å². The van der Waals surface area contributed by atoms with Crippen LogP contribution in [-0.4, -0.2) is 17.6 Å². The van der Waals surface area contributed by atoms with Gasteiger partial charge in [0.05, 0.1) is 17.7 Å². The number of rotatable bonds is 2. The Hall–Kier alpha value is -2.04. The highest BCUT2D eigenvalue weighted by molar-refractivity contribution is 5.93. The van der Waals surface area contributed by atoms with Crippen molar-refractivity contribution in [3.05, 3.63) is 41.6 Å². The van der Waals surface area contributed by atoms with E-state index < -0.39 is 17.6 Å². The van der Waals surface area contributed by atoms with Crippen molar-refractivity contribution in [3.63, 3.8) is 0 Å². The fourth-order valence-corrected chi connectivity index (χ4v) is 1.48. The van der Waals surface area contributed by atoms with Crippen LogP contribution in [-0.2, 0) is 4.74 Å². The number of carbonyl (C=O) groups excluding carboxylic acids is 1. The largest absolute Gasteiger partial charge is 0.462 e.